The third-order valence-corrected chi connectivity index (χ3v) is 3.47. The van der Waals surface area contributed by atoms with Gasteiger partial charge in [0, 0.05) is 19.8 Å². The summed E-state index contributed by atoms with van der Waals surface area (Å²) in [5.41, 5.74) is 6.07. The monoisotopic (exact) mass is 229 g/mol. The van der Waals surface area contributed by atoms with Crippen molar-refractivity contribution in [3.8, 4) is 0 Å². The summed E-state index contributed by atoms with van der Waals surface area (Å²) in [5, 5.41) is 0. The second kappa shape index (κ2) is 8.04. The molecule has 0 aromatic rings. The van der Waals surface area contributed by atoms with Crippen molar-refractivity contribution in [2.45, 2.75) is 70.1 Å². The van der Waals surface area contributed by atoms with Gasteiger partial charge in [0.15, 0.2) is 0 Å². The van der Waals surface area contributed by atoms with Gasteiger partial charge in [-0.15, -0.1) is 0 Å². The quantitative estimate of drug-likeness (QED) is 0.695. The predicted molar refractivity (Wildman–Crippen MR) is 66.5 cm³/mol. The maximum Gasteiger partial charge on any atom is 0.0576 e. The average Bonchev–Trinajstić information content (AvgIpc) is 2.79. The maximum absolute atomic E-state index is 6.07. The van der Waals surface area contributed by atoms with E-state index in [1.807, 2.05) is 0 Å². The molecule has 1 saturated heterocycles. The summed E-state index contributed by atoms with van der Waals surface area (Å²) < 4.78 is 10.8. The fourth-order valence-electron chi connectivity index (χ4n) is 2.19. The number of hydrogen-bond acceptors (Lipinski definition) is 3. The highest BCUT2D eigenvalue weighted by molar-refractivity contribution is 4.68. The van der Waals surface area contributed by atoms with Gasteiger partial charge < -0.3 is 15.2 Å². The summed E-state index contributed by atoms with van der Waals surface area (Å²) in [4.78, 5) is 0. The topological polar surface area (TPSA) is 44.5 Å². The van der Waals surface area contributed by atoms with Crippen molar-refractivity contribution in [2.24, 2.45) is 5.73 Å². The van der Waals surface area contributed by atoms with Crippen LogP contribution in [0.5, 0.6) is 0 Å². The Bertz CT molecular complexity index is 169. The summed E-state index contributed by atoms with van der Waals surface area (Å²) in [6.07, 6.45) is 8.99. The summed E-state index contributed by atoms with van der Waals surface area (Å²) >= 11 is 0. The van der Waals surface area contributed by atoms with Crippen molar-refractivity contribution in [1.82, 2.24) is 0 Å². The second-order valence-corrected chi connectivity index (χ2v) is 4.95. The third-order valence-electron chi connectivity index (χ3n) is 3.47. The highest BCUT2D eigenvalue weighted by Crippen LogP contribution is 2.18. The van der Waals surface area contributed by atoms with Gasteiger partial charge in [-0.2, -0.15) is 0 Å². The highest BCUT2D eigenvalue weighted by atomic mass is 16.5. The van der Waals surface area contributed by atoms with Gasteiger partial charge in [0.25, 0.3) is 0 Å². The molecule has 3 unspecified atom stereocenters. The number of hydrogen-bond donors (Lipinski definition) is 1. The molecule has 3 heteroatoms. The fraction of sp³-hybridized carbons (Fsp3) is 1.00. The molecular weight excluding hydrogens is 202 g/mol. The SMILES string of the molecule is COC(C)CCC(N)CCCC1CCCO1. The molecule has 0 bridgehead atoms. The lowest BCUT2D eigenvalue weighted by molar-refractivity contribution is 0.0991. The molecular formula is C13H27NO2. The van der Waals surface area contributed by atoms with Crippen molar-refractivity contribution in [3.63, 3.8) is 0 Å². The smallest absolute Gasteiger partial charge is 0.0576 e. The van der Waals surface area contributed by atoms with E-state index in [9.17, 15) is 0 Å². The Kier molecular flexibility index (Phi) is 7.01. The maximum atomic E-state index is 6.07. The minimum atomic E-state index is 0.332. The molecule has 16 heavy (non-hydrogen) atoms. The summed E-state index contributed by atoms with van der Waals surface area (Å²) in [6.45, 7) is 3.06. The van der Waals surface area contributed by atoms with Gasteiger partial charge in [-0.1, -0.05) is 0 Å². The van der Waals surface area contributed by atoms with Crippen LogP contribution >= 0.6 is 0 Å². The van der Waals surface area contributed by atoms with Gasteiger partial charge in [-0.25, -0.2) is 0 Å². The first-order valence-corrected chi connectivity index (χ1v) is 6.62. The first kappa shape index (κ1) is 13.9. The molecule has 1 aliphatic heterocycles. The van der Waals surface area contributed by atoms with Crippen molar-refractivity contribution in [3.05, 3.63) is 0 Å². The number of ether oxygens (including phenoxy) is 2. The molecule has 0 spiro atoms. The molecule has 3 nitrogen and oxygen atoms in total. The highest BCUT2D eigenvalue weighted by Gasteiger charge is 2.15. The molecule has 0 aromatic carbocycles. The van der Waals surface area contributed by atoms with E-state index in [2.05, 4.69) is 6.92 Å². The molecule has 1 fully saturated rings. The van der Waals surface area contributed by atoms with E-state index in [1.165, 1.54) is 25.7 Å². The molecule has 1 heterocycles. The first-order valence-electron chi connectivity index (χ1n) is 6.62. The first-order chi connectivity index (χ1) is 7.72. The zero-order chi connectivity index (χ0) is 11.8. The number of rotatable bonds is 8. The van der Waals surface area contributed by atoms with Crippen molar-refractivity contribution >= 4 is 0 Å². The van der Waals surface area contributed by atoms with E-state index in [0.29, 0.717) is 18.2 Å². The molecule has 1 rings (SSSR count). The molecule has 96 valence electrons. The van der Waals surface area contributed by atoms with Crippen molar-refractivity contribution < 1.29 is 9.47 Å². The van der Waals surface area contributed by atoms with E-state index in [1.54, 1.807) is 7.11 Å². The van der Waals surface area contributed by atoms with E-state index < -0.39 is 0 Å². The standard InChI is InChI=1S/C13H27NO2/c1-11(15-2)8-9-12(14)5-3-6-13-7-4-10-16-13/h11-13H,3-10,14H2,1-2H3. The molecule has 0 radical (unpaired) electrons. The van der Waals surface area contributed by atoms with Crippen LogP contribution in [0.4, 0.5) is 0 Å². The minimum Gasteiger partial charge on any atom is -0.382 e. The van der Waals surface area contributed by atoms with Crippen LogP contribution in [0, 0.1) is 0 Å². The van der Waals surface area contributed by atoms with Gasteiger partial charge in [0.2, 0.25) is 0 Å². The van der Waals surface area contributed by atoms with E-state index >= 15 is 0 Å². The van der Waals surface area contributed by atoms with Gasteiger partial charge >= 0.3 is 0 Å². The Labute approximate surface area is 99.7 Å². The molecule has 0 saturated carbocycles. The van der Waals surface area contributed by atoms with Gasteiger partial charge in [0.05, 0.1) is 12.2 Å². The zero-order valence-corrected chi connectivity index (χ0v) is 10.8. The molecule has 0 aliphatic carbocycles. The van der Waals surface area contributed by atoms with Crippen LogP contribution in [-0.2, 0) is 9.47 Å². The van der Waals surface area contributed by atoms with E-state index in [-0.39, 0.29) is 0 Å². The Morgan fingerprint density at radius 3 is 2.81 bits per heavy atom. The van der Waals surface area contributed by atoms with Crippen LogP contribution < -0.4 is 5.73 Å². The molecule has 1 aliphatic rings. The number of nitrogens with two attached hydrogens (primary N) is 1. The van der Waals surface area contributed by atoms with Crippen LogP contribution in [0.2, 0.25) is 0 Å². The van der Waals surface area contributed by atoms with Crippen molar-refractivity contribution in [1.29, 1.82) is 0 Å². The third kappa shape index (κ3) is 5.83. The van der Waals surface area contributed by atoms with Gasteiger partial charge in [-0.05, 0) is 51.9 Å². The molecule has 3 atom stereocenters. The normalized spacial score (nSPS) is 24.6. The van der Waals surface area contributed by atoms with Crippen LogP contribution in [0.15, 0.2) is 0 Å². The molecule has 0 amide bonds. The number of methoxy groups -OCH3 is 1. The van der Waals surface area contributed by atoms with E-state index in [4.69, 9.17) is 15.2 Å². The minimum absolute atomic E-state index is 0.332. The molecule has 0 aromatic heterocycles. The second-order valence-electron chi connectivity index (χ2n) is 4.95. The van der Waals surface area contributed by atoms with Gasteiger partial charge in [0.1, 0.15) is 0 Å². The lowest BCUT2D eigenvalue weighted by Crippen LogP contribution is -2.22. The predicted octanol–water partition coefficient (Wildman–Crippen LogP) is 2.48. The average molecular weight is 229 g/mol. The summed E-state index contributed by atoms with van der Waals surface area (Å²) in [5.74, 6) is 0. The van der Waals surface area contributed by atoms with Crippen LogP contribution in [0.1, 0.15) is 51.9 Å². The summed E-state index contributed by atoms with van der Waals surface area (Å²) in [6, 6.07) is 0.332. The Hall–Kier alpha value is -0.120. The van der Waals surface area contributed by atoms with Crippen LogP contribution in [0.25, 0.3) is 0 Å². The molecule has 2 N–H and O–H groups in total. The van der Waals surface area contributed by atoms with Crippen molar-refractivity contribution in [2.75, 3.05) is 13.7 Å². The lowest BCUT2D eigenvalue weighted by Gasteiger charge is -2.15. The van der Waals surface area contributed by atoms with Crippen LogP contribution in [-0.4, -0.2) is 32.0 Å². The van der Waals surface area contributed by atoms with E-state index in [0.717, 1.165) is 25.9 Å². The Morgan fingerprint density at radius 1 is 1.38 bits per heavy atom. The lowest BCUT2D eigenvalue weighted by atomic mass is 10.0. The fourth-order valence-corrected chi connectivity index (χ4v) is 2.19. The van der Waals surface area contributed by atoms with Gasteiger partial charge in [-0.3, -0.25) is 0 Å². The summed E-state index contributed by atoms with van der Waals surface area (Å²) in [7, 11) is 1.76. The Balaban J connectivity index is 1.94. The zero-order valence-electron chi connectivity index (χ0n) is 10.8. The Morgan fingerprint density at radius 2 is 2.19 bits per heavy atom. The van der Waals surface area contributed by atoms with Crippen LogP contribution in [0.3, 0.4) is 0 Å². The largest absolute Gasteiger partial charge is 0.382 e.